The van der Waals surface area contributed by atoms with Gasteiger partial charge < -0.3 is 5.11 Å². The fourth-order valence-corrected chi connectivity index (χ4v) is 4.46. The number of aromatic carboxylic acids is 1. The van der Waals surface area contributed by atoms with E-state index in [-0.39, 0.29) is 5.56 Å². The zero-order chi connectivity index (χ0) is 19.8. The van der Waals surface area contributed by atoms with Crippen LogP contribution in [0.2, 0.25) is 0 Å². The molecule has 2 aromatic rings. The fourth-order valence-electron chi connectivity index (χ4n) is 3.16. The summed E-state index contributed by atoms with van der Waals surface area (Å²) < 4.78 is 27.8. The van der Waals surface area contributed by atoms with Crippen molar-refractivity contribution in [3.8, 4) is 11.3 Å². The average molecular weight is 390 g/mol. The molecular formula is C18H22N4O4S. The van der Waals surface area contributed by atoms with Crippen LogP contribution in [0.4, 0.5) is 0 Å². The highest BCUT2D eigenvalue weighted by Crippen LogP contribution is 2.34. The number of aromatic nitrogens is 2. The maximum atomic E-state index is 12.6. The highest BCUT2D eigenvalue weighted by atomic mass is 32.2. The molecule has 0 bridgehead atoms. The van der Waals surface area contributed by atoms with E-state index in [1.54, 1.807) is 18.2 Å². The molecule has 1 atom stereocenters. The lowest BCUT2D eigenvalue weighted by atomic mass is 10.1. The molecule has 1 aromatic carbocycles. The van der Waals surface area contributed by atoms with Gasteiger partial charge in [0.05, 0.1) is 17.3 Å². The molecule has 1 aliphatic rings. The quantitative estimate of drug-likeness (QED) is 0.838. The predicted molar refractivity (Wildman–Crippen MR) is 100 cm³/mol. The van der Waals surface area contributed by atoms with Crippen molar-refractivity contribution in [2.24, 2.45) is 0 Å². The van der Waals surface area contributed by atoms with Crippen molar-refractivity contribution in [3.05, 3.63) is 47.4 Å². The third-order valence-corrected chi connectivity index (χ3v) is 6.51. The topological polar surface area (TPSA) is 104 Å². The van der Waals surface area contributed by atoms with Crippen molar-refractivity contribution in [1.82, 2.24) is 18.6 Å². The summed E-state index contributed by atoms with van der Waals surface area (Å²) in [6.07, 6.45) is 1.41. The lowest BCUT2D eigenvalue weighted by Crippen LogP contribution is -2.40. The van der Waals surface area contributed by atoms with Gasteiger partial charge in [-0.1, -0.05) is 12.1 Å². The maximum Gasteiger partial charge on any atom is 0.335 e. The first-order chi connectivity index (χ1) is 12.7. The first kappa shape index (κ1) is 19.4. The van der Waals surface area contributed by atoms with Gasteiger partial charge in [0, 0.05) is 31.9 Å². The molecule has 9 heteroatoms. The Balaban J connectivity index is 1.99. The van der Waals surface area contributed by atoms with E-state index in [9.17, 15) is 13.2 Å². The van der Waals surface area contributed by atoms with E-state index in [0.717, 1.165) is 17.7 Å². The van der Waals surface area contributed by atoms with E-state index in [2.05, 4.69) is 9.97 Å². The van der Waals surface area contributed by atoms with E-state index >= 15 is 0 Å². The van der Waals surface area contributed by atoms with E-state index in [1.165, 1.54) is 34.8 Å². The van der Waals surface area contributed by atoms with E-state index in [0.29, 0.717) is 24.5 Å². The molecule has 27 heavy (non-hydrogen) atoms. The van der Waals surface area contributed by atoms with Crippen molar-refractivity contribution in [3.63, 3.8) is 0 Å². The number of benzene rings is 1. The number of hydrogen-bond donors (Lipinski definition) is 1. The normalized spacial score (nSPS) is 18.1. The number of nitrogens with zero attached hydrogens (tertiary/aromatic N) is 4. The minimum atomic E-state index is -3.56. The van der Waals surface area contributed by atoms with Gasteiger partial charge in [-0.05, 0) is 38.0 Å². The van der Waals surface area contributed by atoms with Gasteiger partial charge in [0.25, 0.3) is 10.2 Å². The molecule has 1 N–H and O–H groups in total. The highest BCUT2D eigenvalue weighted by molar-refractivity contribution is 7.86. The average Bonchev–Trinajstić information content (AvgIpc) is 3.11. The monoisotopic (exact) mass is 390 g/mol. The van der Waals surface area contributed by atoms with Crippen molar-refractivity contribution in [2.75, 3.05) is 20.6 Å². The SMILES string of the molecule is Cc1cc(-c2ccc(C(=O)O)cc2)nc(C2CCCN2S(=O)(=O)N(C)C)n1. The lowest BCUT2D eigenvalue weighted by Gasteiger charge is -2.26. The Kier molecular flexibility index (Phi) is 5.27. The second-order valence-corrected chi connectivity index (χ2v) is 8.79. The standard InChI is InChI=1S/C18H22N4O4S/c1-12-11-15(13-6-8-14(9-7-13)18(23)24)20-17(19-12)16-5-4-10-22(16)27(25,26)21(2)3/h6-9,11,16H,4-5,10H2,1-3H3,(H,23,24). The first-order valence-electron chi connectivity index (χ1n) is 8.59. The van der Waals surface area contributed by atoms with Crippen LogP contribution in [0.3, 0.4) is 0 Å². The maximum absolute atomic E-state index is 12.6. The third kappa shape index (κ3) is 3.85. The van der Waals surface area contributed by atoms with Gasteiger partial charge in [-0.25, -0.2) is 14.8 Å². The van der Waals surface area contributed by atoms with Crippen molar-refractivity contribution in [2.45, 2.75) is 25.8 Å². The minimum Gasteiger partial charge on any atom is -0.478 e. The van der Waals surface area contributed by atoms with Crippen LogP contribution in [-0.4, -0.2) is 58.7 Å². The van der Waals surface area contributed by atoms with Crippen molar-refractivity contribution >= 4 is 16.2 Å². The van der Waals surface area contributed by atoms with Gasteiger partial charge >= 0.3 is 5.97 Å². The Morgan fingerprint density at radius 1 is 1.22 bits per heavy atom. The summed E-state index contributed by atoms with van der Waals surface area (Å²) in [6.45, 7) is 2.27. The second kappa shape index (κ2) is 7.34. The summed E-state index contributed by atoms with van der Waals surface area (Å²) >= 11 is 0. The molecule has 3 rings (SSSR count). The zero-order valence-corrected chi connectivity index (χ0v) is 16.3. The number of carboxylic acids is 1. The first-order valence-corrected chi connectivity index (χ1v) is 9.98. The van der Waals surface area contributed by atoms with Crippen LogP contribution in [0.25, 0.3) is 11.3 Å². The van der Waals surface area contributed by atoms with Gasteiger partial charge in [0.1, 0.15) is 5.82 Å². The molecule has 1 unspecified atom stereocenters. The largest absolute Gasteiger partial charge is 0.478 e. The number of hydrogen-bond acceptors (Lipinski definition) is 5. The summed E-state index contributed by atoms with van der Waals surface area (Å²) in [5.41, 5.74) is 2.32. The van der Waals surface area contributed by atoms with Crippen molar-refractivity contribution < 1.29 is 18.3 Å². The van der Waals surface area contributed by atoms with Gasteiger partial charge in [-0.2, -0.15) is 17.0 Å². The summed E-state index contributed by atoms with van der Waals surface area (Å²) in [5, 5.41) is 9.04. The highest BCUT2D eigenvalue weighted by Gasteiger charge is 2.38. The lowest BCUT2D eigenvalue weighted by molar-refractivity contribution is 0.0697. The molecule has 0 aliphatic carbocycles. The van der Waals surface area contributed by atoms with Crippen LogP contribution < -0.4 is 0 Å². The van der Waals surface area contributed by atoms with Crippen LogP contribution in [0.1, 0.15) is 40.8 Å². The Morgan fingerprint density at radius 3 is 2.48 bits per heavy atom. The van der Waals surface area contributed by atoms with Crippen LogP contribution in [0, 0.1) is 6.92 Å². The molecule has 1 aromatic heterocycles. The molecule has 0 saturated carbocycles. The molecule has 1 fully saturated rings. The molecule has 8 nitrogen and oxygen atoms in total. The van der Waals surface area contributed by atoms with Gasteiger partial charge in [0.2, 0.25) is 0 Å². The Labute approximate surface area is 158 Å². The molecule has 0 spiro atoms. The summed E-state index contributed by atoms with van der Waals surface area (Å²) in [5.74, 6) is -0.521. The summed E-state index contributed by atoms with van der Waals surface area (Å²) in [4.78, 5) is 20.1. The molecule has 1 saturated heterocycles. The number of carboxylic acid groups (broad SMARTS) is 1. The van der Waals surface area contributed by atoms with Crippen molar-refractivity contribution in [1.29, 1.82) is 0 Å². The smallest absolute Gasteiger partial charge is 0.335 e. The Hall–Kier alpha value is -2.36. The van der Waals surface area contributed by atoms with Gasteiger partial charge in [-0.3, -0.25) is 0 Å². The van der Waals surface area contributed by atoms with Crippen LogP contribution >= 0.6 is 0 Å². The summed E-state index contributed by atoms with van der Waals surface area (Å²) in [7, 11) is -0.536. The molecular weight excluding hydrogens is 368 g/mol. The van der Waals surface area contributed by atoms with Gasteiger partial charge in [-0.15, -0.1) is 0 Å². The van der Waals surface area contributed by atoms with E-state index in [4.69, 9.17) is 5.11 Å². The molecule has 1 aliphatic heterocycles. The summed E-state index contributed by atoms with van der Waals surface area (Å²) in [6, 6.07) is 7.82. The Morgan fingerprint density at radius 2 is 1.89 bits per heavy atom. The fraction of sp³-hybridized carbons (Fsp3) is 0.389. The molecule has 0 amide bonds. The van der Waals surface area contributed by atoms with Crippen LogP contribution in [0.15, 0.2) is 30.3 Å². The number of carbonyl (C=O) groups is 1. The zero-order valence-electron chi connectivity index (χ0n) is 15.5. The van der Waals surface area contributed by atoms with E-state index < -0.39 is 22.2 Å². The second-order valence-electron chi connectivity index (χ2n) is 6.69. The minimum absolute atomic E-state index is 0.198. The molecule has 0 radical (unpaired) electrons. The Bertz CT molecular complexity index is 958. The van der Waals surface area contributed by atoms with Gasteiger partial charge in [0.15, 0.2) is 0 Å². The number of aryl methyl sites for hydroxylation is 1. The number of rotatable bonds is 5. The van der Waals surface area contributed by atoms with Crippen LogP contribution in [0.5, 0.6) is 0 Å². The van der Waals surface area contributed by atoms with Crippen LogP contribution in [-0.2, 0) is 10.2 Å². The predicted octanol–water partition coefficient (Wildman–Crippen LogP) is 2.09. The third-order valence-electron chi connectivity index (χ3n) is 4.56. The molecule has 144 valence electrons. The van der Waals surface area contributed by atoms with E-state index in [1.807, 2.05) is 6.92 Å². The molecule has 2 heterocycles.